The molecule has 0 amide bonds. The number of hydrogen-bond donors (Lipinski definition) is 0. The van der Waals surface area contributed by atoms with E-state index in [-0.39, 0.29) is 5.60 Å². The minimum Gasteiger partial charge on any atom is -0.367 e. The molecule has 58 valence electrons. The molecule has 0 fully saturated rings. The van der Waals surface area contributed by atoms with Crippen LogP contribution in [0.5, 0.6) is 0 Å². The van der Waals surface area contributed by atoms with Gasteiger partial charge in [-0.3, -0.25) is 0 Å². The second kappa shape index (κ2) is 3.57. The van der Waals surface area contributed by atoms with Gasteiger partial charge in [0.25, 0.3) is 0 Å². The molecule has 0 spiro atoms. The Morgan fingerprint density at radius 2 is 2.10 bits per heavy atom. The first-order chi connectivity index (χ1) is 4.48. The first-order valence-corrected chi connectivity index (χ1v) is 3.40. The molecule has 0 saturated heterocycles. The Hall–Kier alpha value is -0.560. The van der Waals surface area contributed by atoms with Crippen molar-refractivity contribution in [2.75, 3.05) is 6.61 Å². The maximum atomic E-state index is 5.42. The smallest absolute Gasteiger partial charge is 0.0808 e. The number of ether oxygens (including phenoxy) is 1. The van der Waals surface area contributed by atoms with Crippen molar-refractivity contribution in [2.24, 2.45) is 0 Å². The van der Waals surface area contributed by atoms with Gasteiger partial charge in [0, 0.05) is 0 Å². The molecule has 1 nitrogen and oxygen atoms in total. The van der Waals surface area contributed by atoms with Crippen LogP contribution in [0.4, 0.5) is 0 Å². The third-order valence-corrected chi connectivity index (χ3v) is 1.18. The maximum absolute atomic E-state index is 5.42. The molecule has 0 radical (unpaired) electrons. The molecule has 0 rings (SSSR count). The van der Waals surface area contributed by atoms with Crippen molar-refractivity contribution in [3.05, 3.63) is 24.8 Å². The summed E-state index contributed by atoms with van der Waals surface area (Å²) < 4.78 is 5.42. The van der Waals surface area contributed by atoms with Gasteiger partial charge in [0.1, 0.15) is 0 Å². The normalized spacial score (nSPS) is 11.1. The van der Waals surface area contributed by atoms with E-state index in [9.17, 15) is 0 Å². The molecule has 0 aliphatic carbocycles. The van der Waals surface area contributed by atoms with Crippen molar-refractivity contribution in [1.29, 1.82) is 0 Å². The molecular formula is C9H16O. The van der Waals surface area contributed by atoms with Crippen molar-refractivity contribution in [2.45, 2.75) is 26.4 Å². The second-order valence-electron chi connectivity index (χ2n) is 3.05. The molecule has 0 aliphatic rings. The predicted molar refractivity (Wildman–Crippen MR) is 45.0 cm³/mol. The van der Waals surface area contributed by atoms with E-state index in [2.05, 4.69) is 13.2 Å². The lowest BCUT2D eigenvalue weighted by molar-refractivity contribution is 0.0352. The molecule has 0 unspecified atom stereocenters. The summed E-state index contributed by atoms with van der Waals surface area (Å²) in [6.07, 6.45) is 1.79. The van der Waals surface area contributed by atoms with E-state index in [1.165, 1.54) is 0 Å². The van der Waals surface area contributed by atoms with Crippen molar-refractivity contribution in [3.8, 4) is 0 Å². The summed E-state index contributed by atoms with van der Waals surface area (Å²) in [5.41, 5.74) is 0.814. The fourth-order valence-corrected chi connectivity index (χ4v) is 0.368. The lowest BCUT2D eigenvalue weighted by Crippen LogP contribution is -2.21. The summed E-state index contributed by atoms with van der Waals surface area (Å²) >= 11 is 0. The van der Waals surface area contributed by atoms with Crippen LogP contribution in [0.1, 0.15) is 20.8 Å². The van der Waals surface area contributed by atoms with E-state index >= 15 is 0 Å². The Morgan fingerprint density at radius 1 is 1.60 bits per heavy atom. The molecule has 0 aromatic rings. The highest BCUT2D eigenvalue weighted by Crippen LogP contribution is 2.10. The molecule has 0 saturated carbocycles. The van der Waals surface area contributed by atoms with Gasteiger partial charge in [0.2, 0.25) is 0 Å². The van der Waals surface area contributed by atoms with Crippen LogP contribution in [-0.2, 0) is 4.74 Å². The quantitative estimate of drug-likeness (QED) is 0.545. The summed E-state index contributed by atoms with van der Waals surface area (Å²) in [6.45, 7) is 13.9. The first kappa shape index (κ1) is 9.44. The lowest BCUT2D eigenvalue weighted by atomic mass is 10.1. The number of rotatable bonds is 4. The minimum absolute atomic E-state index is 0.223. The van der Waals surface area contributed by atoms with Crippen molar-refractivity contribution in [3.63, 3.8) is 0 Å². The highest BCUT2D eigenvalue weighted by atomic mass is 16.5. The lowest BCUT2D eigenvalue weighted by Gasteiger charge is -2.20. The van der Waals surface area contributed by atoms with Crippen LogP contribution in [-0.4, -0.2) is 12.2 Å². The zero-order valence-corrected chi connectivity index (χ0v) is 7.11. The Labute approximate surface area is 63.4 Å². The van der Waals surface area contributed by atoms with Gasteiger partial charge in [-0.05, 0) is 20.8 Å². The summed E-state index contributed by atoms with van der Waals surface area (Å²) in [7, 11) is 0. The van der Waals surface area contributed by atoms with Crippen LogP contribution in [0.25, 0.3) is 0 Å². The summed E-state index contributed by atoms with van der Waals surface area (Å²) in [5, 5.41) is 0. The first-order valence-electron chi connectivity index (χ1n) is 3.40. The Balaban J connectivity index is 3.67. The largest absolute Gasteiger partial charge is 0.367 e. The van der Waals surface area contributed by atoms with E-state index < -0.39 is 0 Å². The number of hydrogen-bond acceptors (Lipinski definition) is 1. The van der Waals surface area contributed by atoms with Crippen LogP contribution in [0.15, 0.2) is 24.8 Å². The Kier molecular flexibility index (Phi) is 3.37. The van der Waals surface area contributed by atoms with Crippen molar-refractivity contribution >= 4 is 0 Å². The maximum Gasteiger partial charge on any atom is 0.0808 e. The van der Waals surface area contributed by atoms with Gasteiger partial charge < -0.3 is 4.74 Å². The molecule has 10 heavy (non-hydrogen) atoms. The van der Waals surface area contributed by atoms with E-state index in [1.807, 2.05) is 20.8 Å². The van der Waals surface area contributed by atoms with E-state index in [0.29, 0.717) is 6.61 Å². The molecule has 1 heteroatoms. The van der Waals surface area contributed by atoms with Gasteiger partial charge in [-0.2, -0.15) is 0 Å². The molecule has 0 aromatic heterocycles. The summed E-state index contributed by atoms with van der Waals surface area (Å²) in [6, 6.07) is 0. The Morgan fingerprint density at radius 3 is 2.40 bits per heavy atom. The van der Waals surface area contributed by atoms with Crippen LogP contribution >= 0.6 is 0 Å². The summed E-state index contributed by atoms with van der Waals surface area (Å²) in [4.78, 5) is 0. The zero-order chi connectivity index (χ0) is 8.20. The topological polar surface area (TPSA) is 9.23 Å². The average Bonchev–Trinajstić information content (AvgIpc) is 1.85. The molecule has 0 atom stereocenters. The van der Waals surface area contributed by atoms with Gasteiger partial charge in [-0.15, -0.1) is 6.58 Å². The minimum atomic E-state index is -0.223. The highest BCUT2D eigenvalue weighted by molar-refractivity contribution is 4.94. The average molecular weight is 140 g/mol. The van der Waals surface area contributed by atoms with Crippen LogP contribution in [0.3, 0.4) is 0 Å². The third kappa shape index (κ3) is 4.33. The third-order valence-electron chi connectivity index (χ3n) is 1.18. The molecular weight excluding hydrogens is 124 g/mol. The van der Waals surface area contributed by atoms with Crippen LogP contribution in [0.2, 0.25) is 0 Å². The highest BCUT2D eigenvalue weighted by Gasteiger charge is 2.11. The molecule has 0 N–H and O–H groups in total. The SMILES string of the molecule is C=CC(C)(C)OCC(=C)C. The molecule has 0 aliphatic heterocycles. The van der Waals surface area contributed by atoms with Crippen LogP contribution < -0.4 is 0 Å². The molecule has 0 heterocycles. The van der Waals surface area contributed by atoms with Crippen molar-refractivity contribution < 1.29 is 4.74 Å². The predicted octanol–water partition coefficient (Wildman–Crippen LogP) is 2.54. The fourth-order valence-electron chi connectivity index (χ4n) is 0.368. The van der Waals surface area contributed by atoms with E-state index in [4.69, 9.17) is 4.74 Å². The monoisotopic (exact) mass is 140 g/mol. The Bertz CT molecular complexity index is 134. The van der Waals surface area contributed by atoms with Crippen LogP contribution in [0, 0.1) is 0 Å². The van der Waals surface area contributed by atoms with E-state index in [0.717, 1.165) is 5.57 Å². The molecule has 0 aromatic carbocycles. The second-order valence-corrected chi connectivity index (χ2v) is 3.05. The fraction of sp³-hybridized carbons (Fsp3) is 0.556. The van der Waals surface area contributed by atoms with Crippen molar-refractivity contribution in [1.82, 2.24) is 0 Å². The standard InChI is InChI=1S/C9H16O/c1-6-9(4,5)10-7-8(2)3/h6H,1-2,7H2,3-5H3. The van der Waals surface area contributed by atoms with Gasteiger partial charge in [0.05, 0.1) is 12.2 Å². The summed E-state index contributed by atoms with van der Waals surface area (Å²) in [5.74, 6) is 0. The van der Waals surface area contributed by atoms with Gasteiger partial charge in [-0.1, -0.05) is 18.2 Å². The van der Waals surface area contributed by atoms with E-state index in [1.54, 1.807) is 6.08 Å². The van der Waals surface area contributed by atoms with Gasteiger partial charge in [-0.25, -0.2) is 0 Å². The van der Waals surface area contributed by atoms with Gasteiger partial charge in [0.15, 0.2) is 0 Å². The van der Waals surface area contributed by atoms with Gasteiger partial charge >= 0.3 is 0 Å². The molecule has 0 bridgehead atoms. The zero-order valence-electron chi connectivity index (χ0n) is 7.11.